The van der Waals surface area contributed by atoms with Crippen LogP contribution < -0.4 is 5.32 Å². The van der Waals surface area contributed by atoms with E-state index in [2.05, 4.69) is 5.32 Å². The Bertz CT molecular complexity index is 451. The van der Waals surface area contributed by atoms with Gasteiger partial charge in [-0.1, -0.05) is 25.4 Å². The van der Waals surface area contributed by atoms with Crippen molar-refractivity contribution in [2.45, 2.75) is 26.8 Å². The number of halogens is 1. The number of aryl methyl sites for hydroxylation is 1. The highest BCUT2D eigenvalue weighted by molar-refractivity contribution is 6.31. The maximum absolute atomic E-state index is 11.9. The Morgan fingerprint density at radius 1 is 1.28 bits per heavy atom. The van der Waals surface area contributed by atoms with E-state index in [4.69, 9.17) is 16.7 Å². The molecule has 1 rings (SSSR count). The van der Waals surface area contributed by atoms with Crippen LogP contribution in [0.4, 0.5) is 0 Å². The molecular weight excluding hydrogens is 254 g/mol. The average molecular weight is 270 g/mol. The third-order valence-corrected chi connectivity index (χ3v) is 2.74. The Morgan fingerprint density at radius 3 is 2.33 bits per heavy atom. The third kappa shape index (κ3) is 3.74. The largest absolute Gasteiger partial charge is 0.480 e. The molecule has 0 fully saturated rings. The highest BCUT2D eigenvalue weighted by Gasteiger charge is 2.24. The van der Waals surface area contributed by atoms with Crippen LogP contribution in [-0.2, 0) is 4.79 Å². The predicted octanol–water partition coefficient (Wildman–Crippen LogP) is 2.49. The minimum absolute atomic E-state index is 0.188. The van der Waals surface area contributed by atoms with Crippen molar-refractivity contribution in [1.29, 1.82) is 0 Å². The molecule has 0 spiro atoms. The van der Waals surface area contributed by atoms with Gasteiger partial charge in [-0.3, -0.25) is 4.79 Å². The quantitative estimate of drug-likeness (QED) is 0.882. The zero-order valence-corrected chi connectivity index (χ0v) is 11.3. The van der Waals surface area contributed by atoms with Crippen LogP contribution in [0.15, 0.2) is 18.2 Å². The first kappa shape index (κ1) is 14.5. The molecule has 2 N–H and O–H groups in total. The van der Waals surface area contributed by atoms with Gasteiger partial charge in [0.2, 0.25) is 0 Å². The van der Waals surface area contributed by atoms with Crippen molar-refractivity contribution >= 4 is 23.5 Å². The lowest BCUT2D eigenvalue weighted by Crippen LogP contribution is -2.44. The van der Waals surface area contributed by atoms with Crippen LogP contribution >= 0.6 is 11.6 Å². The number of nitrogens with one attached hydrogen (secondary N) is 1. The lowest BCUT2D eigenvalue weighted by Gasteiger charge is -2.18. The maximum Gasteiger partial charge on any atom is 0.326 e. The van der Waals surface area contributed by atoms with Gasteiger partial charge in [-0.2, -0.15) is 0 Å². The third-order valence-electron chi connectivity index (χ3n) is 2.52. The molecule has 18 heavy (non-hydrogen) atoms. The van der Waals surface area contributed by atoms with Crippen molar-refractivity contribution in [3.8, 4) is 0 Å². The van der Waals surface area contributed by atoms with Gasteiger partial charge < -0.3 is 10.4 Å². The van der Waals surface area contributed by atoms with E-state index in [1.807, 2.05) is 6.92 Å². The molecule has 1 atom stereocenters. The molecule has 0 aliphatic rings. The number of hydrogen-bond acceptors (Lipinski definition) is 2. The van der Waals surface area contributed by atoms with Gasteiger partial charge in [0.15, 0.2) is 0 Å². The fourth-order valence-electron chi connectivity index (χ4n) is 1.61. The van der Waals surface area contributed by atoms with E-state index in [9.17, 15) is 9.59 Å². The highest BCUT2D eigenvalue weighted by Crippen LogP contribution is 2.15. The maximum atomic E-state index is 11.9. The van der Waals surface area contributed by atoms with E-state index in [1.54, 1.807) is 26.0 Å². The van der Waals surface area contributed by atoms with Gasteiger partial charge >= 0.3 is 5.97 Å². The number of benzene rings is 1. The Kier molecular flexibility index (Phi) is 4.73. The molecule has 1 aromatic rings. The van der Waals surface area contributed by atoms with Crippen LogP contribution in [0.2, 0.25) is 5.02 Å². The molecular formula is C13H16ClNO3. The van der Waals surface area contributed by atoms with Crippen molar-refractivity contribution in [3.05, 3.63) is 34.3 Å². The summed E-state index contributed by atoms with van der Waals surface area (Å²) in [5, 5.41) is 12.0. The van der Waals surface area contributed by atoms with Crippen molar-refractivity contribution in [1.82, 2.24) is 5.32 Å². The molecule has 0 saturated heterocycles. The second-order valence-corrected chi connectivity index (χ2v) is 4.99. The zero-order chi connectivity index (χ0) is 13.9. The van der Waals surface area contributed by atoms with Crippen molar-refractivity contribution < 1.29 is 14.7 Å². The molecule has 0 bridgehead atoms. The van der Waals surface area contributed by atoms with E-state index in [0.717, 1.165) is 5.56 Å². The summed E-state index contributed by atoms with van der Waals surface area (Å²) in [7, 11) is 0. The van der Waals surface area contributed by atoms with E-state index in [-0.39, 0.29) is 5.92 Å². The first-order valence-electron chi connectivity index (χ1n) is 5.62. The van der Waals surface area contributed by atoms with Crippen LogP contribution in [0.1, 0.15) is 29.8 Å². The summed E-state index contributed by atoms with van der Waals surface area (Å²) in [6.45, 7) is 5.30. The van der Waals surface area contributed by atoms with Crippen LogP contribution in [-0.4, -0.2) is 23.0 Å². The van der Waals surface area contributed by atoms with Crippen molar-refractivity contribution in [3.63, 3.8) is 0 Å². The first-order chi connectivity index (χ1) is 8.31. The highest BCUT2D eigenvalue weighted by atomic mass is 35.5. The number of hydrogen-bond donors (Lipinski definition) is 2. The molecule has 4 nitrogen and oxygen atoms in total. The monoisotopic (exact) mass is 269 g/mol. The molecule has 0 aliphatic carbocycles. The Morgan fingerprint density at radius 2 is 1.89 bits per heavy atom. The summed E-state index contributed by atoms with van der Waals surface area (Å²) in [5.74, 6) is -1.66. The fourth-order valence-corrected chi connectivity index (χ4v) is 1.90. The van der Waals surface area contributed by atoms with Gasteiger partial charge in [0, 0.05) is 10.6 Å². The lowest BCUT2D eigenvalue weighted by molar-refractivity contribution is -0.140. The summed E-state index contributed by atoms with van der Waals surface area (Å²) in [6, 6.07) is 4.01. The van der Waals surface area contributed by atoms with Gasteiger partial charge in [0.05, 0.1) is 0 Å². The number of carboxylic acids is 1. The molecule has 0 unspecified atom stereocenters. The standard InChI is InChI=1S/C13H16ClNO3/c1-7(2)11(13(17)18)15-12(16)9-4-8(3)5-10(14)6-9/h4-7,11H,1-3H3,(H,15,16)(H,17,18)/t11-/m0/s1. The summed E-state index contributed by atoms with van der Waals surface area (Å²) in [4.78, 5) is 22.9. The van der Waals surface area contributed by atoms with Crippen molar-refractivity contribution in [2.75, 3.05) is 0 Å². The summed E-state index contributed by atoms with van der Waals surface area (Å²) in [5.41, 5.74) is 1.22. The number of amides is 1. The Balaban J connectivity index is 2.90. The molecule has 0 aliphatic heterocycles. The van der Waals surface area contributed by atoms with Gasteiger partial charge in [0.1, 0.15) is 6.04 Å². The second-order valence-electron chi connectivity index (χ2n) is 4.55. The number of carbonyl (C=O) groups excluding carboxylic acids is 1. The summed E-state index contributed by atoms with van der Waals surface area (Å²) >= 11 is 5.86. The molecule has 1 amide bonds. The number of carbonyl (C=O) groups is 2. The molecule has 0 radical (unpaired) electrons. The smallest absolute Gasteiger partial charge is 0.326 e. The predicted molar refractivity (Wildman–Crippen MR) is 69.9 cm³/mol. The zero-order valence-electron chi connectivity index (χ0n) is 10.5. The SMILES string of the molecule is Cc1cc(Cl)cc(C(=O)N[C@H](C(=O)O)C(C)C)c1. The van der Waals surface area contributed by atoms with Gasteiger partial charge in [-0.15, -0.1) is 0 Å². The first-order valence-corrected chi connectivity index (χ1v) is 6.00. The Hall–Kier alpha value is -1.55. The summed E-state index contributed by atoms with van der Waals surface area (Å²) in [6.07, 6.45) is 0. The fraction of sp³-hybridized carbons (Fsp3) is 0.385. The molecule has 1 aromatic carbocycles. The molecule has 5 heteroatoms. The minimum Gasteiger partial charge on any atom is -0.480 e. The molecule has 0 aromatic heterocycles. The molecule has 0 saturated carbocycles. The van der Waals surface area contributed by atoms with Gasteiger partial charge in [-0.05, 0) is 36.6 Å². The minimum atomic E-state index is -1.04. The van der Waals surface area contributed by atoms with Crippen LogP contribution in [0.5, 0.6) is 0 Å². The van der Waals surface area contributed by atoms with Gasteiger partial charge in [-0.25, -0.2) is 4.79 Å². The van der Waals surface area contributed by atoms with E-state index in [1.165, 1.54) is 6.07 Å². The van der Waals surface area contributed by atoms with Gasteiger partial charge in [0.25, 0.3) is 5.91 Å². The second kappa shape index (κ2) is 5.87. The summed E-state index contributed by atoms with van der Waals surface area (Å²) < 4.78 is 0. The normalized spacial score (nSPS) is 12.3. The van der Waals surface area contributed by atoms with E-state index >= 15 is 0 Å². The molecule has 98 valence electrons. The van der Waals surface area contributed by atoms with E-state index in [0.29, 0.717) is 10.6 Å². The van der Waals surface area contributed by atoms with Crippen LogP contribution in [0.25, 0.3) is 0 Å². The number of aliphatic carboxylic acids is 1. The Labute approximate surface area is 111 Å². The lowest BCUT2D eigenvalue weighted by atomic mass is 10.0. The van der Waals surface area contributed by atoms with E-state index < -0.39 is 17.9 Å². The number of carboxylic acid groups (broad SMARTS) is 1. The molecule has 0 heterocycles. The number of rotatable bonds is 4. The topological polar surface area (TPSA) is 66.4 Å². The van der Waals surface area contributed by atoms with Crippen LogP contribution in [0.3, 0.4) is 0 Å². The average Bonchev–Trinajstić information content (AvgIpc) is 2.23. The van der Waals surface area contributed by atoms with Crippen LogP contribution in [0, 0.1) is 12.8 Å². The van der Waals surface area contributed by atoms with Crippen molar-refractivity contribution in [2.24, 2.45) is 5.92 Å².